The third kappa shape index (κ3) is 4.55. The highest BCUT2D eigenvalue weighted by Gasteiger charge is 2.31. The molecule has 0 saturated carbocycles. The number of rotatable bonds is 5. The molecule has 1 unspecified atom stereocenters. The van der Waals surface area contributed by atoms with Crippen LogP contribution in [0.3, 0.4) is 0 Å². The molecular formula is C15H20O3S. The molecule has 0 aromatic heterocycles. The molecule has 0 amide bonds. The number of aliphatic carboxylic acids is 1. The Balaban J connectivity index is 1.82. The lowest BCUT2D eigenvalue weighted by molar-refractivity contribution is -0.136. The first-order chi connectivity index (χ1) is 8.94. The third-order valence-electron chi connectivity index (χ3n) is 3.27. The highest BCUT2D eigenvalue weighted by atomic mass is 32.2. The predicted molar refractivity (Wildman–Crippen MR) is 76.7 cm³/mol. The molecule has 19 heavy (non-hydrogen) atoms. The molecule has 1 N–H and O–H groups in total. The average Bonchev–Trinajstić information content (AvgIpc) is 2.67. The first kappa shape index (κ1) is 14.4. The van der Waals surface area contributed by atoms with E-state index in [2.05, 4.69) is 13.8 Å². The van der Waals surface area contributed by atoms with Crippen LogP contribution in [0.4, 0.5) is 0 Å². The summed E-state index contributed by atoms with van der Waals surface area (Å²) in [6.07, 6.45) is 2.66. The highest BCUT2D eigenvalue weighted by molar-refractivity contribution is 7.99. The van der Waals surface area contributed by atoms with Crippen LogP contribution in [0.1, 0.15) is 32.3 Å². The van der Waals surface area contributed by atoms with Gasteiger partial charge in [0.1, 0.15) is 0 Å². The van der Waals surface area contributed by atoms with Crippen molar-refractivity contribution in [3.05, 3.63) is 29.8 Å². The summed E-state index contributed by atoms with van der Waals surface area (Å²) in [7, 11) is 0. The van der Waals surface area contributed by atoms with E-state index in [0.717, 1.165) is 24.2 Å². The molecule has 1 saturated heterocycles. The number of hydrogen-bond acceptors (Lipinski definition) is 3. The van der Waals surface area contributed by atoms with Gasteiger partial charge >= 0.3 is 5.97 Å². The fraction of sp³-hybridized carbons (Fsp3) is 0.533. The summed E-state index contributed by atoms with van der Waals surface area (Å²) in [6, 6.07) is 7.75. The van der Waals surface area contributed by atoms with Gasteiger partial charge in [-0.3, -0.25) is 4.79 Å². The monoisotopic (exact) mass is 280 g/mol. The maximum absolute atomic E-state index is 10.6. The van der Waals surface area contributed by atoms with Crippen molar-refractivity contribution in [1.82, 2.24) is 0 Å². The molecule has 1 fully saturated rings. The van der Waals surface area contributed by atoms with Gasteiger partial charge in [0.25, 0.3) is 0 Å². The second-order valence-electron chi connectivity index (χ2n) is 5.56. The zero-order valence-corrected chi connectivity index (χ0v) is 12.2. The number of carbonyl (C=O) groups is 1. The Hall–Kier alpha value is -1.00. The number of benzene rings is 1. The van der Waals surface area contributed by atoms with E-state index in [0.29, 0.717) is 6.10 Å². The SMILES string of the molecule is CC1(C)CCC(CSc2ccc(CC(=O)O)cc2)O1. The van der Waals surface area contributed by atoms with Gasteiger partial charge in [-0.25, -0.2) is 0 Å². The Morgan fingerprint density at radius 2 is 2.11 bits per heavy atom. The van der Waals surface area contributed by atoms with Crippen molar-refractivity contribution in [1.29, 1.82) is 0 Å². The molecule has 1 heterocycles. The molecule has 1 aliphatic heterocycles. The topological polar surface area (TPSA) is 46.5 Å². The number of carboxylic acids is 1. The summed E-state index contributed by atoms with van der Waals surface area (Å²) in [4.78, 5) is 11.8. The predicted octanol–water partition coefficient (Wildman–Crippen LogP) is 3.36. The number of thioether (sulfide) groups is 1. The maximum atomic E-state index is 10.6. The molecule has 1 aromatic carbocycles. The van der Waals surface area contributed by atoms with Gasteiger partial charge in [0.15, 0.2) is 0 Å². The fourth-order valence-corrected chi connectivity index (χ4v) is 3.20. The van der Waals surface area contributed by atoms with Gasteiger partial charge in [-0.1, -0.05) is 12.1 Å². The van der Waals surface area contributed by atoms with E-state index < -0.39 is 5.97 Å². The summed E-state index contributed by atoms with van der Waals surface area (Å²) >= 11 is 1.77. The van der Waals surface area contributed by atoms with Crippen LogP contribution < -0.4 is 0 Å². The van der Waals surface area contributed by atoms with Crippen molar-refractivity contribution in [3.63, 3.8) is 0 Å². The molecular weight excluding hydrogens is 260 g/mol. The van der Waals surface area contributed by atoms with E-state index in [1.54, 1.807) is 11.8 Å². The minimum Gasteiger partial charge on any atom is -0.481 e. The van der Waals surface area contributed by atoms with Crippen LogP contribution in [0.2, 0.25) is 0 Å². The number of ether oxygens (including phenoxy) is 1. The van der Waals surface area contributed by atoms with E-state index in [4.69, 9.17) is 9.84 Å². The van der Waals surface area contributed by atoms with Crippen LogP contribution in [0, 0.1) is 0 Å². The van der Waals surface area contributed by atoms with Gasteiger partial charge in [-0.15, -0.1) is 11.8 Å². The largest absolute Gasteiger partial charge is 0.481 e. The van der Waals surface area contributed by atoms with Crippen LogP contribution in [-0.4, -0.2) is 28.5 Å². The van der Waals surface area contributed by atoms with E-state index in [1.807, 2.05) is 24.3 Å². The van der Waals surface area contributed by atoms with Gasteiger partial charge in [0, 0.05) is 10.6 Å². The second kappa shape index (κ2) is 5.97. The molecule has 4 heteroatoms. The minimum absolute atomic E-state index is 0.0244. The molecule has 0 aliphatic carbocycles. The summed E-state index contributed by atoms with van der Waals surface area (Å²) in [6.45, 7) is 4.27. The molecule has 104 valence electrons. The maximum Gasteiger partial charge on any atom is 0.307 e. The lowest BCUT2D eigenvalue weighted by atomic mass is 10.1. The Morgan fingerprint density at radius 3 is 2.63 bits per heavy atom. The summed E-state index contributed by atoms with van der Waals surface area (Å²) in [5.74, 6) is 0.170. The van der Waals surface area contributed by atoms with Crippen molar-refractivity contribution < 1.29 is 14.6 Å². The molecule has 0 bridgehead atoms. The van der Waals surface area contributed by atoms with Crippen molar-refractivity contribution >= 4 is 17.7 Å². The molecule has 1 atom stereocenters. The lowest BCUT2D eigenvalue weighted by Crippen LogP contribution is -2.20. The van der Waals surface area contributed by atoms with Crippen LogP contribution in [-0.2, 0) is 16.0 Å². The van der Waals surface area contributed by atoms with Crippen molar-refractivity contribution in [2.45, 2.75) is 49.7 Å². The Bertz CT molecular complexity index is 439. The first-order valence-electron chi connectivity index (χ1n) is 6.56. The number of hydrogen-bond donors (Lipinski definition) is 1. The number of carboxylic acid groups (broad SMARTS) is 1. The molecule has 1 aromatic rings. The van der Waals surface area contributed by atoms with Gasteiger partial charge in [0.05, 0.1) is 18.1 Å². The van der Waals surface area contributed by atoms with E-state index in [-0.39, 0.29) is 12.0 Å². The second-order valence-corrected chi connectivity index (χ2v) is 6.66. The Morgan fingerprint density at radius 1 is 1.42 bits per heavy atom. The van der Waals surface area contributed by atoms with E-state index >= 15 is 0 Å². The average molecular weight is 280 g/mol. The fourth-order valence-electron chi connectivity index (χ4n) is 2.26. The summed E-state index contributed by atoms with van der Waals surface area (Å²) < 4.78 is 5.95. The van der Waals surface area contributed by atoms with Crippen molar-refractivity contribution in [2.24, 2.45) is 0 Å². The zero-order chi connectivity index (χ0) is 13.9. The quantitative estimate of drug-likeness (QED) is 0.840. The first-order valence-corrected chi connectivity index (χ1v) is 7.54. The van der Waals surface area contributed by atoms with Gasteiger partial charge in [0.2, 0.25) is 0 Å². The normalized spacial score (nSPS) is 21.5. The van der Waals surface area contributed by atoms with Crippen LogP contribution in [0.25, 0.3) is 0 Å². The Labute approximate surface area is 118 Å². The molecule has 0 radical (unpaired) electrons. The van der Waals surface area contributed by atoms with Crippen molar-refractivity contribution in [3.8, 4) is 0 Å². The minimum atomic E-state index is -0.790. The van der Waals surface area contributed by atoms with Gasteiger partial charge in [-0.2, -0.15) is 0 Å². The zero-order valence-electron chi connectivity index (χ0n) is 11.4. The summed E-state index contributed by atoms with van der Waals surface area (Å²) in [5, 5.41) is 8.71. The van der Waals surface area contributed by atoms with Gasteiger partial charge < -0.3 is 9.84 Å². The van der Waals surface area contributed by atoms with Crippen molar-refractivity contribution in [2.75, 3.05) is 5.75 Å². The smallest absolute Gasteiger partial charge is 0.307 e. The van der Waals surface area contributed by atoms with Crippen LogP contribution in [0.5, 0.6) is 0 Å². The standard InChI is InChI=1S/C15H20O3S/c1-15(2)8-7-12(18-15)10-19-13-5-3-11(4-6-13)9-14(16)17/h3-6,12H,7-10H2,1-2H3,(H,16,17). The van der Waals surface area contributed by atoms with Gasteiger partial charge in [-0.05, 0) is 44.4 Å². The third-order valence-corrected chi connectivity index (χ3v) is 4.41. The molecule has 1 aliphatic rings. The Kier molecular flexibility index (Phi) is 4.53. The molecule has 2 rings (SSSR count). The molecule has 3 nitrogen and oxygen atoms in total. The highest BCUT2D eigenvalue weighted by Crippen LogP contribution is 2.32. The van der Waals surface area contributed by atoms with Crippen LogP contribution >= 0.6 is 11.8 Å². The van der Waals surface area contributed by atoms with Crippen LogP contribution in [0.15, 0.2) is 29.2 Å². The molecule has 0 spiro atoms. The van der Waals surface area contributed by atoms with E-state index in [9.17, 15) is 4.79 Å². The van der Waals surface area contributed by atoms with E-state index in [1.165, 1.54) is 4.90 Å². The lowest BCUT2D eigenvalue weighted by Gasteiger charge is -2.19. The summed E-state index contributed by atoms with van der Waals surface area (Å²) in [5.41, 5.74) is 0.867.